The normalized spacial score (nSPS) is 21.8. The lowest BCUT2D eigenvalue weighted by atomic mass is 9.89. The van der Waals surface area contributed by atoms with Gasteiger partial charge < -0.3 is 5.32 Å². The van der Waals surface area contributed by atoms with Crippen LogP contribution in [0, 0.1) is 5.92 Å². The first-order valence-electron chi connectivity index (χ1n) is 9.36. The van der Waals surface area contributed by atoms with E-state index in [1.54, 1.807) is 0 Å². The second-order valence-corrected chi connectivity index (χ2v) is 7.20. The summed E-state index contributed by atoms with van der Waals surface area (Å²) in [7, 11) is 0. The van der Waals surface area contributed by atoms with Crippen LogP contribution in [0.4, 0.5) is 11.4 Å². The lowest BCUT2D eigenvalue weighted by molar-refractivity contribution is 0.666. The van der Waals surface area contributed by atoms with E-state index < -0.39 is 0 Å². The van der Waals surface area contributed by atoms with Crippen molar-refractivity contribution in [1.82, 2.24) is 0 Å². The molecule has 1 N–H and O–H groups in total. The quantitative estimate of drug-likeness (QED) is 0.477. The summed E-state index contributed by atoms with van der Waals surface area (Å²) in [5.41, 5.74) is 3.95. The molecule has 0 radical (unpaired) electrons. The lowest BCUT2D eigenvalue weighted by Gasteiger charge is -2.17. The third-order valence-electron chi connectivity index (χ3n) is 5.66. The van der Waals surface area contributed by atoms with Crippen LogP contribution in [0.1, 0.15) is 25.3 Å². The van der Waals surface area contributed by atoms with E-state index in [1.165, 1.54) is 22.8 Å². The van der Waals surface area contributed by atoms with Crippen molar-refractivity contribution in [2.75, 3.05) is 5.32 Å². The molecule has 26 heavy (non-hydrogen) atoms. The molecule has 0 amide bonds. The summed E-state index contributed by atoms with van der Waals surface area (Å²) >= 11 is 0. The van der Waals surface area contributed by atoms with Crippen molar-refractivity contribution in [3.05, 3.63) is 97.1 Å². The Morgan fingerprint density at radius 1 is 1.04 bits per heavy atom. The van der Waals surface area contributed by atoms with Crippen LogP contribution in [0.2, 0.25) is 0 Å². The maximum atomic E-state index is 4.02. The molecule has 0 bridgehead atoms. The maximum absolute atomic E-state index is 4.02. The number of allylic oxidation sites excluding steroid dienone is 3. The molecule has 0 aliphatic heterocycles. The first kappa shape index (κ1) is 16.7. The van der Waals surface area contributed by atoms with Gasteiger partial charge in [0.15, 0.2) is 0 Å². The Morgan fingerprint density at radius 2 is 1.81 bits per heavy atom. The predicted octanol–water partition coefficient (Wildman–Crippen LogP) is 6.99. The summed E-state index contributed by atoms with van der Waals surface area (Å²) in [6.45, 7) is 6.11. The van der Waals surface area contributed by atoms with Gasteiger partial charge in [-0.25, -0.2) is 0 Å². The van der Waals surface area contributed by atoms with Gasteiger partial charge in [-0.2, -0.15) is 0 Å². The van der Waals surface area contributed by atoms with Crippen molar-refractivity contribution >= 4 is 22.1 Å². The summed E-state index contributed by atoms with van der Waals surface area (Å²) in [5.74, 6) is 0.593. The van der Waals surface area contributed by atoms with Crippen LogP contribution < -0.4 is 5.32 Å². The van der Waals surface area contributed by atoms with Crippen molar-refractivity contribution in [3.8, 4) is 0 Å². The molecule has 130 valence electrons. The van der Waals surface area contributed by atoms with Gasteiger partial charge in [-0.05, 0) is 54.8 Å². The van der Waals surface area contributed by atoms with Gasteiger partial charge in [0, 0.05) is 22.2 Å². The summed E-state index contributed by atoms with van der Waals surface area (Å²) in [6, 6.07) is 23.8. The van der Waals surface area contributed by atoms with E-state index in [9.17, 15) is 0 Å². The standard InChI is InChI=1S/C25H25N/c1-3-5-17-25(18-20(25)4-2)21-13-15-22(16-14-21)26-24-12-8-10-19-9-6-7-11-23(19)24/h3-16,20,26H,2,17-18H2,1H3/b5-3-. The Kier molecular flexibility index (Phi) is 4.38. The van der Waals surface area contributed by atoms with Gasteiger partial charge in [0.1, 0.15) is 0 Å². The Labute approximate surface area is 156 Å². The highest BCUT2D eigenvalue weighted by molar-refractivity contribution is 5.95. The number of hydrogen-bond donors (Lipinski definition) is 1. The highest BCUT2D eigenvalue weighted by Crippen LogP contribution is 2.57. The van der Waals surface area contributed by atoms with Crippen molar-refractivity contribution in [2.24, 2.45) is 5.92 Å². The average molecular weight is 339 g/mol. The second-order valence-electron chi connectivity index (χ2n) is 7.20. The molecule has 3 aromatic carbocycles. The third-order valence-corrected chi connectivity index (χ3v) is 5.66. The molecule has 1 nitrogen and oxygen atoms in total. The van der Waals surface area contributed by atoms with Gasteiger partial charge in [0.2, 0.25) is 0 Å². The van der Waals surface area contributed by atoms with Crippen LogP contribution in [0.3, 0.4) is 0 Å². The van der Waals surface area contributed by atoms with E-state index >= 15 is 0 Å². The molecule has 0 spiro atoms. The fourth-order valence-corrected chi connectivity index (χ4v) is 4.03. The van der Waals surface area contributed by atoms with Gasteiger partial charge in [-0.3, -0.25) is 0 Å². The van der Waals surface area contributed by atoms with E-state index in [1.807, 2.05) is 0 Å². The largest absolute Gasteiger partial charge is 0.355 e. The highest BCUT2D eigenvalue weighted by atomic mass is 14.9. The van der Waals surface area contributed by atoms with Gasteiger partial charge in [-0.1, -0.05) is 66.8 Å². The van der Waals surface area contributed by atoms with Gasteiger partial charge in [-0.15, -0.1) is 6.58 Å². The third kappa shape index (κ3) is 2.94. The molecule has 3 aromatic rings. The molecular formula is C25H25N. The minimum Gasteiger partial charge on any atom is -0.355 e. The Morgan fingerprint density at radius 3 is 2.54 bits per heavy atom. The van der Waals surface area contributed by atoms with E-state index in [4.69, 9.17) is 0 Å². The summed E-state index contributed by atoms with van der Waals surface area (Å²) in [4.78, 5) is 0. The Balaban J connectivity index is 1.59. The molecule has 2 atom stereocenters. The van der Waals surface area contributed by atoms with Gasteiger partial charge >= 0.3 is 0 Å². The number of fused-ring (bicyclic) bond motifs is 1. The molecule has 4 rings (SSSR count). The molecule has 1 aliphatic carbocycles. The van der Waals surface area contributed by atoms with Crippen LogP contribution >= 0.6 is 0 Å². The number of rotatable bonds is 6. The number of nitrogens with one attached hydrogen (secondary N) is 1. The minimum atomic E-state index is 0.256. The summed E-state index contributed by atoms with van der Waals surface area (Å²) in [6.07, 6.45) is 8.85. The van der Waals surface area contributed by atoms with Crippen LogP contribution in [0.25, 0.3) is 10.8 Å². The highest BCUT2D eigenvalue weighted by Gasteiger charge is 2.52. The zero-order valence-electron chi connectivity index (χ0n) is 15.3. The van der Waals surface area contributed by atoms with Gasteiger partial charge in [0.05, 0.1) is 0 Å². The zero-order chi connectivity index (χ0) is 18.0. The van der Waals surface area contributed by atoms with Crippen molar-refractivity contribution in [1.29, 1.82) is 0 Å². The molecule has 0 heterocycles. The summed E-state index contributed by atoms with van der Waals surface area (Å²) < 4.78 is 0. The first-order valence-corrected chi connectivity index (χ1v) is 9.36. The van der Waals surface area contributed by atoms with Crippen molar-refractivity contribution < 1.29 is 0 Å². The monoisotopic (exact) mass is 339 g/mol. The minimum absolute atomic E-state index is 0.256. The molecule has 2 unspecified atom stereocenters. The molecule has 0 aromatic heterocycles. The van der Waals surface area contributed by atoms with E-state index in [-0.39, 0.29) is 5.41 Å². The zero-order valence-corrected chi connectivity index (χ0v) is 15.3. The Hall–Kier alpha value is -2.80. The lowest BCUT2D eigenvalue weighted by Crippen LogP contribution is -2.08. The fourth-order valence-electron chi connectivity index (χ4n) is 4.03. The van der Waals surface area contributed by atoms with Crippen LogP contribution in [-0.4, -0.2) is 0 Å². The molecule has 1 saturated carbocycles. The molecule has 1 heteroatoms. The molecular weight excluding hydrogens is 314 g/mol. The smallest absolute Gasteiger partial charge is 0.0463 e. The Bertz CT molecular complexity index is 946. The number of anilines is 2. The first-order chi connectivity index (χ1) is 12.8. The second kappa shape index (κ2) is 6.84. The fraction of sp³-hybridized carbons (Fsp3) is 0.200. The van der Waals surface area contributed by atoms with E-state index in [2.05, 4.69) is 104 Å². The average Bonchev–Trinajstić information content (AvgIpc) is 3.42. The van der Waals surface area contributed by atoms with E-state index in [0.717, 1.165) is 17.8 Å². The maximum Gasteiger partial charge on any atom is 0.0463 e. The summed E-state index contributed by atoms with van der Waals surface area (Å²) in [5, 5.41) is 6.08. The van der Waals surface area contributed by atoms with Crippen LogP contribution in [0.15, 0.2) is 91.5 Å². The topological polar surface area (TPSA) is 12.0 Å². The molecule has 1 aliphatic rings. The van der Waals surface area contributed by atoms with Crippen LogP contribution in [0.5, 0.6) is 0 Å². The van der Waals surface area contributed by atoms with Gasteiger partial charge in [0.25, 0.3) is 0 Å². The SMILES string of the molecule is C=CC1CC1(C/C=C\C)c1ccc(Nc2cccc3ccccc23)cc1. The number of hydrogen-bond acceptors (Lipinski definition) is 1. The number of benzene rings is 3. The van der Waals surface area contributed by atoms with Crippen LogP contribution in [-0.2, 0) is 5.41 Å². The van der Waals surface area contributed by atoms with Crippen molar-refractivity contribution in [2.45, 2.75) is 25.2 Å². The van der Waals surface area contributed by atoms with E-state index in [0.29, 0.717) is 5.92 Å². The molecule has 0 saturated heterocycles. The van der Waals surface area contributed by atoms with Crippen molar-refractivity contribution in [3.63, 3.8) is 0 Å². The predicted molar refractivity (Wildman–Crippen MR) is 113 cm³/mol. The molecule has 1 fully saturated rings.